The zero-order valence-electron chi connectivity index (χ0n) is 8.67. The quantitative estimate of drug-likeness (QED) is 0.624. The van der Waals surface area contributed by atoms with Gasteiger partial charge in [-0.05, 0) is 25.2 Å². The summed E-state index contributed by atoms with van der Waals surface area (Å²) >= 11 is 0. The van der Waals surface area contributed by atoms with Crippen LogP contribution in [-0.2, 0) is 0 Å². The Morgan fingerprint density at radius 3 is 2.64 bits per heavy atom. The van der Waals surface area contributed by atoms with Crippen LogP contribution in [0.5, 0.6) is 0 Å². The molecule has 0 saturated heterocycles. The van der Waals surface area contributed by atoms with Gasteiger partial charge >= 0.3 is 0 Å². The summed E-state index contributed by atoms with van der Waals surface area (Å²) < 4.78 is 14.6. The summed E-state index contributed by atoms with van der Waals surface area (Å²) in [6.45, 7) is 5.50. The molecule has 0 atom stereocenters. The molecule has 0 saturated carbocycles. The minimum Gasteiger partial charge on any atom is -0.352 e. The van der Waals surface area contributed by atoms with Crippen LogP contribution in [0.25, 0.3) is 0 Å². The molecule has 0 amide bonds. The number of hydrogen-bond donors (Lipinski definition) is 0. The molecule has 0 bridgehead atoms. The highest BCUT2D eigenvalue weighted by molar-refractivity contribution is 5.48. The van der Waals surface area contributed by atoms with Crippen molar-refractivity contribution in [2.24, 2.45) is 0 Å². The summed E-state index contributed by atoms with van der Waals surface area (Å²) in [7, 11) is 0.0331. The van der Waals surface area contributed by atoms with Crippen LogP contribution in [-0.4, -0.2) is 7.02 Å². The van der Waals surface area contributed by atoms with Gasteiger partial charge in [0.15, 0.2) is 0 Å². The van der Waals surface area contributed by atoms with Crippen molar-refractivity contribution in [2.45, 2.75) is 6.92 Å². The average Bonchev–Trinajstić information content (AvgIpc) is 2.09. The Kier molecular flexibility index (Phi) is 1.60. The first-order valence-corrected chi connectivity index (χ1v) is 3.44. The van der Waals surface area contributed by atoms with Gasteiger partial charge in [-0.25, -0.2) is 0 Å². The van der Waals surface area contributed by atoms with E-state index in [-0.39, 0.29) is 13.2 Å². The maximum absolute atomic E-state index is 7.34. The van der Waals surface area contributed by atoms with E-state index < -0.39 is 0 Å². The fourth-order valence-corrected chi connectivity index (χ4v) is 0.816. The van der Waals surface area contributed by atoms with E-state index >= 15 is 0 Å². The Bertz CT molecular complexity index is 292. The third-order valence-electron chi connectivity index (χ3n) is 1.54. The van der Waals surface area contributed by atoms with E-state index in [2.05, 4.69) is 6.58 Å². The molecule has 0 spiro atoms. The molecular weight excluding hydrogens is 134 g/mol. The first-order valence-electron chi connectivity index (χ1n) is 4.65. The van der Waals surface area contributed by atoms with Crippen molar-refractivity contribution in [3.63, 3.8) is 0 Å². The fourth-order valence-electron chi connectivity index (χ4n) is 0.816. The molecule has 1 aromatic carbocycles. The molecule has 0 aromatic heterocycles. The van der Waals surface area contributed by atoms with Crippen LogP contribution in [0.4, 0.5) is 5.69 Å². The standard InChI is InChI=1S/C10H13N/c1-4-11(3)10-7-5-9(2)6-8-10/h4-8H,1H2,2-3H3/i3D,4D. The van der Waals surface area contributed by atoms with E-state index in [1.807, 2.05) is 31.2 Å². The summed E-state index contributed by atoms with van der Waals surface area (Å²) in [5, 5.41) is 0. The number of rotatable bonds is 2. The van der Waals surface area contributed by atoms with Crippen molar-refractivity contribution in [3.8, 4) is 0 Å². The van der Waals surface area contributed by atoms with E-state index in [0.717, 1.165) is 5.69 Å². The molecule has 0 heterocycles. The second kappa shape index (κ2) is 3.24. The maximum Gasteiger partial charge on any atom is 0.0811 e. The SMILES string of the molecule is [2H]CN(C([2H])=C)c1ccc(C)cc1. The molecule has 0 fully saturated rings. The van der Waals surface area contributed by atoms with Gasteiger partial charge in [0, 0.05) is 14.1 Å². The summed E-state index contributed by atoms with van der Waals surface area (Å²) in [5.41, 5.74) is 2.02. The van der Waals surface area contributed by atoms with E-state index in [0.29, 0.717) is 0 Å². The van der Waals surface area contributed by atoms with Crippen LogP contribution < -0.4 is 4.90 Å². The van der Waals surface area contributed by atoms with Gasteiger partial charge in [-0.3, -0.25) is 0 Å². The fraction of sp³-hybridized carbons (Fsp3) is 0.200. The Hall–Kier alpha value is -1.24. The molecule has 58 valence electrons. The molecule has 1 rings (SSSR count). The van der Waals surface area contributed by atoms with Crippen LogP contribution in [0.2, 0.25) is 0 Å². The zero-order chi connectivity index (χ0) is 9.84. The van der Waals surface area contributed by atoms with E-state index in [4.69, 9.17) is 2.74 Å². The molecule has 1 nitrogen and oxygen atoms in total. The average molecular weight is 149 g/mol. The van der Waals surface area contributed by atoms with E-state index in [1.54, 1.807) is 0 Å². The Labute approximate surface area is 70.8 Å². The molecule has 0 unspecified atom stereocenters. The molecule has 0 aliphatic heterocycles. The van der Waals surface area contributed by atoms with Crippen LogP contribution in [0.1, 0.15) is 8.30 Å². The molecule has 0 aliphatic carbocycles. The Balaban J connectivity index is 2.92. The van der Waals surface area contributed by atoms with Crippen LogP contribution in [0.3, 0.4) is 0 Å². The molecule has 0 radical (unpaired) electrons. The highest BCUT2D eigenvalue weighted by Gasteiger charge is 1.92. The topological polar surface area (TPSA) is 3.24 Å². The monoisotopic (exact) mass is 149 g/mol. The van der Waals surface area contributed by atoms with Crippen molar-refractivity contribution in [2.75, 3.05) is 11.9 Å². The van der Waals surface area contributed by atoms with Gasteiger partial charge in [-0.1, -0.05) is 24.3 Å². The lowest BCUT2D eigenvalue weighted by molar-refractivity contribution is 1.21. The highest BCUT2D eigenvalue weighted by atomic mass is 15.1. The lowest BCUT2D eigenvalue weighted by Crippen LogP contribution is -2.06. The molecule has 0 aliphatic rings. The van der Waals surface area contributed by atoms with E-state index in [9.17, 15) is 0 Å². The van der Waals surface area contributed by atoms with Crippen LogP contribution in [0, 0.1) is 6.92 Å². The number of benzene rings is 1. The van der Waals surface area contributed by atoms with Crippen molar-refractivity contribution in [3.05, 3.63) is 42.6 Å². The second-order valence-electron chi connectivity index (χ2n) is 2.42. The van der Waals surface area contributed by atoms with Gasteiger partial charge < -0.3 is 4.90 Å². The van der Waals surface area contributed by atoms with Gasteiger partial charge in [0.25, 0.3) is 0 Å². The number of hydrogen-bond acceptors (Lipinski definition) is 1. The molecule has 0 N–H and O–H groups in total. The van der Waals surface area contributed by atoms with Crippen molar-refractivity contribution < 1.29 is 2.74 Å². The third-order valence-corrected chi connectivity index (χ3v) is 1.54. The zero-order valence-corrected chi connectivity index (χ0v) is 6.67. The van der Waals surface area contributed by atoms with Gasteiger partial charge in [-0.15, -0.1) is 0 Å². The van der Waals surface area contributed by atoms with Crippen molar-refractivity contribution in [1.82, 2.24) is 0 Å². The van der Waals surface area contributed by atoms with Crippen LogP contribution >= 0.6 is 0 Å². The summed E-state index contributed by atoms with van der Waals surface area (Å²) in [4.78, 5) is 1.53. The van der Waals surface area contributed by atoms with Crippen molar-refractivity contribution in [1.29, 1.82) is 0 Å². The Morgan fingerprint density at radius 2 is 2.18 bits per heavy atom. The van der Waals surface area contributed by atoms with Crippen molar-refractivity contribution >= 4 is 5.69 Å². The predicted octanol–water partition coefficient (Wildman–Crippen LogP) is 2.57. The summed E-state index contributed by atoms with van der Waals surface area (Å²) in [6, 6.07) is 7.70. The Morgan fingerprint density at radius 1 is 1.55 bits per heavy atom. The van der Waals surface area contributed by atoms with Crippen LogP contribution in [0.15, 0.2) is 37.0 Å². The molecule has 11 heavy (non-hydrogen) atoms. The van der Waals surface area contributed by atoms with E-state index in [1.165, 1.54) is 10.5 Å². The normalized spacial score (nSPS) is 11.7. The minimum absolute atomic E-state index is 0.0331. The predicted molar refractivity (Wildman–Crippen MR) is 49.8 cm³/mol. The number of nitrogens with zero attached hydrogens (tertiary/aromatic N) is 1. The molecular formula is C10H13N. The first-order chi connectivity index (χ1) is 6.15. The lowest BCUT2D eigenvalue weighted by Gasteiger charge is -2.12. The smallest absolute Gasteiger partial charge is 0.0811 e. The van der Waals surface area contributed by atoms with Gasteiger partial charge in [-0.2, -0.15) is 0 Å². The lowest BCUT2D eigenvalue weighted by atomic mass is 10.2. The number of anilines is 1. The second-order valence-corrected chi connectivity index (χ2v) is 2.42. The minimum atomic E-state index is 0.0331. The largest absolute Gasteiger partial charge is 0.352 e. The number of aryl methyl sites for hydroxylation is 1. The third kappa shape index (κ3) is 1.84. The molecule has 1 heteroatoms. The van der Waals surface area contributed by atoms with Gasteiger partial charge in [0.05, 0.1) is 1.37 Å². The van der Waals surface area contributed by atoms with Gasteiger partial charge in [0.2, 0.25) is 0 Å². The highest BCUT2D eigenvalue weighted by Crippen LogP contribution is 2.12. The summed E-state index contributed by atoms with van der Waals surface area (Å²) in [6.07, 6.45) is 0.152. The maximum atomic E-state index is 7.34. The first kappa shape index (κ1) is 5.42. The summed E-state index contributed by atoms with van der Waals surface area (Å²) in [5.74, 6) is 0. The van der Waals surface area contributed by atoms with Gasteiger partial charge in [0.1, 0.15) is 0 Å². The molecule has 1 aromatic rings.